The Kier molecular flexibility index (Phi) is 2.80. The molecule has 0 N–H and O–H groups in total. The second kappa shape index (κ2) is 4.66. The molecule has 102 valence electrons. The van der Waals surface area contributed by atoms with Crippen LogP contribution in [0.4, 0.5) is 0 Å². The lowest BCUT2D eigenvalue weighted by Crippen LogP contribution is -2.22. The first-order valence-electron chi connectivity index (χ1n) is 7.69. The van der Waals surface area contributed by atoms with E-state index < -0.39 is 0 Å². The van der Waals surface area contributed by atoms with E-state index in [-0.39, 0.29) is 0 Å². The summed E-state index contributed by atoms with van der Waals surface area (Å²) in [5.41, 5.74) is 5.34. The molecular weight excluding hydrogens is 244 g/mol. The van der Waals surface area contributed by atoms with Gasteiger partial charge in [0, 0.05) is 17.0 Å². The van der Waals surface area contributed by atoms with Gasteiger partial charge in [-0.15, -0.1) is 0 Å². The molecule has 0 amide bonds. The van der Waals surface area contributed by atoms with Crippen LogP contribution in [0.3, 0.4) is 0 Å². The fraction of sp³-hybridized carbons (Fsp3) is 0.368. The molecule has 1 heterocycles. The summed E-state index contributed by atoms with van der Waals surface area (Å²) in [6.07, 6.45) is 5.58. The van der Waals surface area contributed by atoms with Gasteiger partial charge in [-0.25, -0.2) is 0 Å². The van der Waals surface area contributed by atoms with Gasteiger partial charge in [0.15, 0.2) is 0 Å². The molecule has 1 nitrogen and oxygen atoms in total. The summed E-state index contributed by atoms with van der Waals surface area (Å²) in [6, 6.07) is 15.3. The zero-order valence-corrected chi connectivity index (χ0v) is 11.9. The lowest BCUT2D eigenvalue weighted by molar-refractivity contribution is 0.164. The summed E-state index contributed by atoms with van der Waals surface area (Å²) >= 11 is 0. The first-order chi connectivity index (χ1) is 9.83. The van der Waals surface area contributed by atoms with Crippen LogP contribution in [0.15, 0.2) is 42.5 Å². The monoisotopic (exact) mass is 264 g/mol. The van der Waals surface area contributed by atoms with Gasteiger partial charge in [0.2, 0.25) is 0 Å². The maximum Gasteiger partial charge on any atom is 0.131 e. The van der Waals surface area contributed by atoms with Crippen LogP contribution in [0.1, 0.15) is 42.7 Å². The predicted molar refractivity (Wildman–Crippen MR) is 82.2 cm³/mol. The maximum absolute atomic E-state index is 6.35. The Morgan fingerprint density at radius 3 is 2.65 bits per heavy atom. The number of benzene rings is 2. The van der Waals surface area contributed by atoms with Gasteiger partial charge in [-0.2, -0.15) is 0 Å². The van der Waals surface area contributed by atoms with E-state index in [0.29, 0.717) is 12.0 Å². The highest BCUT2D eigenvalue weighted by Crippen LogP contribution is 2.49. The zero-order chi connectivity index (χ0) is 13.5. The van der Waals surface area contributed by atoms with Gasteiger partial charge < -0.3 is 4.74 Å². The van der Waals surface area contributed by atoms with Crippen molar-refractivity contribution in [3.05, 3.63) is 53.6 Å². The van der Waals surface area contributed by atoms with Crippen LogP contribution in [0.5, 0.6) is 5.75 Å². The van der Waals surface area contributed by atoms with Crippen molar-refractivity contribution in [3.8, 4) is 16.9 Å². The predicted octanol–water partition coefficient (Wildman–Crippen LogP) is 5.08. The van der Waals surface area contributed by atoms with Crippen LogP contribution < -0.4 is 4.74 Å². The number of rotatable bonds is 1. The molecule has 2 aromatic carbocycles. The SMILES string of the molecule is Cc1cc(-c2ccccc2)c2c(c1)[C@H]1CCCC[C@@H]1O2. The van der Waals surface area contributed by atoms with Crippen LogP contribution >= 0.6 is 0 Å². The van der Waals surface area contributed by atoms with Crippen LogP contribution in [0.25, 0.3) is 11.1 Å². The van der Waals surface area contributed by atoms with Gasteiger partial charge in [0.05, 0.1) is 0 Å². The molecule has 0 unspecified atom stereocenters. The molecule has 2 aliphatic rings. The quantitative estimate of drug-likeness (QED) is 0.698. The smallest absolute Gasteiger partial charge is 0.131 e. The highest BCUT2D eigenvalue weighted by atomic mass is 16.5. The first-order valence-corrected chi connectivity index (χ1v) is 7.69. The van der Waals surface area contributed by atoms with Gasteiger partial charge in [-0.05, 0) is 43.4 Å². The highest BCUT2D eigenvalue weighted by Gasteiger charge is 2.37. The fourth-order valence-electron chi connectivity index (χ4n) is 3.79. The Morgan fingerprint density at radius 1 is 1.00 bits per heavy atom. The largest absolute Gasteiger partial charge is 0.489 e. The topological polar surface area (TPSA) is 9.23 Å². The normalized spacial score (nSPS) is 23.9. The number of ether oxygens (including phenoxy) is 1. The minimum absolute atomic E-state index is 0.419. The van der Waals surface area contributed by atoms with E-state index in [2.05, 4.69) is 49.4 Å². The molecule has 1 heteroatoms. The molecule has 1 fully saturated rings. The second-order valence-corrected chi connectivity index (χ2v) is 6.14. The maximum atomic E-state index is 6.35. The lowest BCUT2D eigenvalue weighted by atomic mass is 9.82. The fourth-order valence-corrected chi connectivity index (χ4v) is 3.79. The number of hydrogen-bond donors (Lipinski definition) is 0. The Bertz CT molecular complexity index is 630. The van der Waals surface area contributed by atoms with Crippen molar-refractivity contribution in [2.75, 3.05) is 0 Å². The first kappa shape index (κ1) is 12.0. The summed E-state index contributed by atoms with van der Waals surface area (Å²) in [6.45, 7) is 2.20. The molecule has 2 aromatic rings. The van der Waals surface area contributed by atoms with Crippen molar-refractivity contribution < 1.29 is 4.74 Å². The van der Waals surface area contributed by atoms with Crippen molar-refractivity contribution in [1.29, 1.82) is 0 Å². The minimum atomic E-state index is 0.419. The average Bonchev–Trinajstić information content (AvgIpc) is 2.86. The van der Waals surface area contributed by atoms with Crippen molar-refractivity contribution in [3.63, 3.8) is 0 Å². The molecule has 4 rings (SSSR count). The summed E-state index contributed by atoms with van der Waals surface area (Å²) in [5.74, 6) is 1.78. The summed E-state index contributed by atoms with van der Waals surface area (Å²) in [7, 11) is 0. The highest BCUT2D eigenvalue weighted by molar-refractivity contribution is 5.74. The minimum Gasteiger partial charge on any atom is -0.489 e. The van der Waals surface area contributed by atoms with Gasteiger partial charge in [0.25, 0.3) is 0 Å². The summed E-state index contributed by atoms with van der Waals surface area (Å²) in [4.78, 5) is 0. The van der Waals surface area contributed by atoms with E-state index in [4.69, 9.17) is 4.74 Å². The molecular formula is C19H20O. The molecule has 0 bridgehead atoms. The molecule has 1 aliphatic carbocycles. The van der Waals surface area contributed by atoms with Crippen LogP contribution in [0.2, 0.25) is 0 Å². The van der Waals surface area contributed by atoms with Crippen molar-refractivity contribution in [1.82, 2.24) is 0 Å². The number of fused-ring (bicyclic) bond motifs is 3. The van der Waals surface area contributed by atoms with Gasteiger partial charge in [0.1, 0.15) is 11.9 Å². The molecule has 0 spiro atoms. The molecule has 0 saturated heterocycles. The Hall–Kier alpha value is -1.76. The van der Waals surface area contributed by atoms with Crippen LogP contribution in [-0.4, -0.2) is 6.10 Å². The van der Waals surface area contributed by atoms with E-state index in [1.807, 2.05) is 0 Å². The third-order valence-electron chi connectivity index (χ3n) is 4.72. The van der Waals surface area contributed by atoms with E-state index >= 15 is 0 Å². The second-order valence-electron chi connectivity index (χ2n) is 6.14. The Labute approximate surface area is 120 Å². The molecule has 20 heavy (non-hydrogen) atoms. The van der Waals surface area contributed by atoms with E-state index in [9.17, 15) is 0 Å². The third kappa shape index (κ3) is 1.84. The number of aryl methyl sites for hydroxylation is 1. The molecule has 2 atom stereocenters. The number of hydrogen-bond acceptors (Lipinski definition) is 1. The van der Waals surface area contributed by atoms with E-state index in [1.54, 1.807) is 0 Å². The van der Waals surface area contributed by atoms with E-state index in [0.717, 1.165) is 5.75 Å². The third-order valence-corrected chi connectivity index (χ3v) is 4.72. The van der Waals surface area contributed by atoms with Crippen LogP contribution in [0, 0.1) is 6.92 Å². The van der Waals surface area contributed by atoms with Crippen molar-refractivity contribution >= 4 is 0 Å². The summed E-state index contributed by atoms with van der Waals surface area (Å²) in [5, 5.41) is 0. The molecule has 1 saturated carbocycles. The lowest BCUT2D eigenvalue weighted by Gasteiger charge is -2.23. The Balaban J connectivity index is 1.87. The molecule has 0 radical (unpaired) electrons. The standard InChI is InChI=1S/C19H20O/c1-13-11-16(14-7-3-2-4-8-14)19-17(12-13)15-9-5-6-10-18(15)20-19/h2-4,7-8,11-12,15,18H,5-6,9-10H2,1H3/t15-,18+/m1/s1. The average molecular weight is 264 g/mol. The molecule has 1 aliphatic heterocycles. The van der Waals surface area contributed by atoms with Gasteiger partial charge in [-0.3, -0.25) is 0 Å². The van der Waals surface area contributed by atoms with Crippen molar-refractivity contribution in [2.45, 2.75) is 44.6 Å². The summed E-state index contributed by atoms with van der Waals surface area (Å²) < 4.78 is 6.35. The van der Waals surface area contributed by atoms with Gasteiger partial charge in [-0.1, -0.05) is 42.8 Å². The Morgan fingerprint density at radius 2 is 1.80 bits per heavy atom. The van der Waals surface area contributed by atoms with Gasteiger partial charge >= 0.3 is 0 Å². The van der Waals surface area contributed by atoms with Crippen molar-refractivity contribution in [2.24, 2.45) is 0 Å². The molecule has 0 aromatic heterocycles. The zero-order valence-electron chi connectivity index (χ0n) is 11.9. The van der Waals surface area contributed by atoms with Crippen LogP contribution in [-0.2, 0) is 0 Å². The van der Waals surface area contributed by atoms with E-state index in [1.165, 1.54) is 47.9 Å².